The number of pyridine rings is 1. The van der Waals surface area contributed by atoms with Gasteiger partial charge in [0, 0.05) is 39.8 Å². The predicted molar refractivity (Wildman–Crippen MR) is 136 cm³/mol. The number of ether oxygens (including phenoxy) is 1. The lowest BCUT2D eigenvalue weighted by Crippen LogP contribution is -2.09. The lowest BCUT2D eigenvalue weighted by molar-refractivity contribution is 0.0697. The van der Waals surface area contributed by atoms with E-state index in [4.69, 9.17) is 31.4 Å². The first-order chi connectivity index (χ1) is 16.5. The lowest BCUT2D eigenvalue weighted by atomic mass is 9.97. The molecule has 0 aliphatic carbocycles. The maximum absolute atomic E-state index is 11.1. The van der Waals surface area contributed by atoms with E-state index in [2.05, 4.69) is 15.3 Å². The van der Waals surface area contributed by atoms with E-state index >= 15 is 0 Å². The molecule has 5 rings (SSSR count). The van der Waals surface area contributed by atoms with Gasteiger partial charge in [0.2, 0.25) is 5.95 Å². The molecule has 0 saturated carbocycles. The van der Waals surface area contributed by atoms with E-state index < -0.39 is 5.97 Å². The molecule has 8 nitrogen and oxygen atoms in total. The number of halogens is 1. The van der Waals surface area contributed by atoms with Crippen LogP contribution in [0.15, 0.2) is 72.0 Å². The van der Waals surface area contributed by atoms with Crippen molar-refractivity contribution in [3.05, 3.63) is 94.4 Å². The van der Waals surface area contributed by atoms with Gasteiger partial charge >= 0.3 is 5.97 Å². The summed E-state index contributed by atoms with van der Waals surface area (Å²) in [6.45, 7) is 0.351. The molecule has 1 aliphatic rings. The van der Waals surface area contributed by atoms with Crippen LogP contribution < -0.4 is 10.1 Å². The lowest BCUT2D eigenvalue weighted by Gasteiger charge is -2.13. The van der Waals surface area contributed by atoms with E-state index in [1.807, 2.05) is 24.3 Å². The summed E-state index contributed by atoms with van der Waals surface area (Å²) >= 11 is 6.36. The van der Waals surface area contributed by atoms with Crippen molar-refractivity contribution in [1.29, 1.82) is 0 Å². The van der Waals surface area contributed by atoms with Gasteiger partial charge in [0.25, 0.3) is 0 Å². The van der Waals surface area contributed by atoms with E-state index in [1.165, 1.54) is 12.1 Å². The molecule has 1 aliphatic heterocycles. The number of carboxylic acid groups (broad SMARTS) is 1. The molecule has 0 radical (unpaired) electrons. The van der Waals surface area contributed by atoms with Gasteiger partial charge in [0.1, 0.15) is 11.4 Å². The number of carbonyl (C=O) groups is 1. The Labute approximate surface area is 207 Å². The summed E-state index contributed by atoms with van der Waals surface area (Å²) in [7, 11) is 1.60. The second kappa shape index (κ2) is 9.90. The molecule has 2 aromatic carbocycles. The van der Waals surface area contributed by atoms with Crippen LogP contribution in [0.2, 0.25) is 5.02 Å². The number of aromatic nitrogens is 3. The average molecular weight is 488 g/mol. The molecule has 0 amide bonds. The number of benzene rings is 2. The monoisotopic (exact) mass is 487 g/mol. The van der Waals surface area contributed by atoms with Gasteiger partial charge in [-0.1, -0.05) is 25.1 Å². The topological polar surface area (TPSA) is 110 Å². The minimum atomic E-state index is -0.983. The number of nitrogens with zero attached hydrogens (tertiary/aromatic N) is 4. The third-order valence-corrected chi connectivity index (χ3v) is 5.60. The number of aliphatic imine (C=N–C) groups is 1. The smallest absolute Gasteiger partial charge is 0.335 e. The average Bonchev–Trinajstić information content (AvgIpc) is 3.00. The Hall–Kier alpha value is -4.30. The van der Waals surface area contributed by atoms with E-state index in [9.17, 15) is 4.79 Å². The number of rotatable bonds is 5. The summed E-state index contributed by atoms with van der Waals surface area (Å²) in [4.78, 5) is 29.6. The molecule has 0 unspecified atom stereocenters. The molecule has 3 heterocycles. The Morgan fingerprint density at radius 2 is 1.86 bits per heavy atom. The summed E-state index contributed by atoms with van der Waals surface area (Å²) < 4.78 is 5.52. The fourth-order valence-electron chi connectivity index (χ4n) is 3.74. The Kier molecular flexibility index (Phi) is 6.75. The first-order valence-electron chi connectivity index (χ1n) is 10.3. The molecule has 9 heteroatoms. The van der Waals surface area contributed by atoms with Crippen LogP contribution in [0.5, 0.6) is 5.75 Å². The number of nitrogens with one attached hydrogen (secondary N) is 1. The Balaban J connectivity index is 0.00000289. The van der Waals surface area contributed by atoms with Crippen molar-refractivity contribution in [2.24, 2.45) is 4.99 Å². The Morgan fingerprint density at radius 1 is 1.06 bits per heavy atom. The third kappa shape index (κ3) is 4.69. The fraction of sp³-hybridized carbons (Fsp3) is 0.115. The zero-order valence-corrected chi connectivity index (χ0v) is 18.7. The summed E-state index contributed by atoms with van der Waals surface area (Å²) in [6, 6.07) is 15.6. The molecule has 4 aromatic rings. The number of hydrogen-bond acceptors (Lipinski definition) is 7. The van der Waals surface area contributed by atoms with Gasteiger partial charge in [-0.25, -0.2) is 14.8 Å². The van der Waals surface area contributed by atoms with E-state index in [0.717, 1.165) is 22.4 Å². The molecular formula is C26H22ClN5O3. The first kappa shape index (κ1) is 23.8. The van der Waals surface area contributed by atoms with Crippen LogP contribution in [-0.2, 0) is 6.54 Å². The third-order valence-electron chi connectivity index (χ3n) is 5.37. The normalized spacial score (nSPS) is 11.8. The summed E-state index contributed by atoms with van der Waals surface area (Å²) in [5.41, 5.74) is 5.35. The van der Waals surface area contributed by atoms with Crippen molar-refractivity contribution in [1.82, 2.24) is 15.0 Å². The predicted octanol–water partition coefficient (Wildman–Crippen LogP) is 5.63. The molecule has 0 atom stereocenters. The van der Waals surface area contributed by atoms with Crippen LogP contribution >= 0.6 is 11.6 Å². The standard InChI is InChI=1S/C25H18ClN5O3.CH4/c1-34-20-3-2-10-27-23(20)22-19-11-16(26)6-9-18(19)21-15(12-28-22)13-29-25(31-21)30-17-7-4-14(5-8-17)24(32)33;/h2-11,13H,12H2,1H3,(H,32,33)(H,29,30,31);1H4. The zero-order chi connectivity index (χ0) is 23.7. The molecule has 35 heavy (non-hydrogen) atoms. The maximum atomic E-state index is 11.1. The highest BCUT2D eigenvalue weighted by molar-refractivity contribution is 6.31. The molecule has 0 bridgehead atoms. The van der Waals surface area contributed by atoms with Crippen LogP contribution in [0.1, 0.15) is 34.6 Å². The highest BCUT2D eigenvalue weighted by Crippen LogP contribution is 2.34. The number of aromatic carboxylic acids is 1. The van der Waals surface area contributed by atoms with E-state index in [-0.39, 0.29) is 13.0 Å². The molecule has 2 aromatic heterocycles. The van der Waals surface area contributed by atoms with Gasteiger partial charge < -0.3 is 15.2 Å². The van der Waals surface area contributed by atoms with Gasteiger partial charge in [0.05, 0.1) is 30.6 Å². The van der Waals surface area contributed by atoms with Gasteiger partial charge in [-0.3, -0.25) is 9.98 Å². The quantitative estimate of drug-likeness (QED) is 0.375. The maximum Gasteiger partial charge on any atom is 0.335 e. The van der Waals surface area contributed by atoms with Crippen LogP contribution in [0.3, 0.4) is 0 Å². The Morgan fingerprint density at radius 3 is 2.60 bits per heavy atom. The van der Waals surface area contributed by atoms with E-state index in [1.54, 1.807) is 37.7 Å². The van der Waals surface area contributed by atoms with Crippen LogP contribution in [0.4, 0.5) is 11.6 Å². The van der Waals surface area contributed by atoms with Crippen LogP contribution in [0, 0.1) is 0 Å². The number of fused-ring (bicyclic) bond motifs is 3. The molecule has 176 valence electrons. The molecule has 0 saturated heterocycles. The number of carboxylic acids is 1. The van der Waals surface area contributed by atoms with Crippen molar-refractivity contribution >= 4 is 34.9 Å². The summed E-state index contributed by atoms with van der Waals surface area (Å²) in [5.74, 6) is 0.00131. The second-order valence-corrected chi connectivity index (χ2v) is 7.92. The second-order valence-electron chi connectivity index (χ2n) is 7.48. The number of methoxy groups -OCH3 is 1. The van der Waals surface area contributed by atoms with Crippen LogP contribution in [0.25, 0.3) is 11.3 Å². The van der Waals surface area contributed by atoms with Crippen molar-refractivity contribution in [3.63, 3.8) is 0 Å². The number of anilines is 2. The fourth-order valence-corrected chi connectivity index (χ4v) is 3.92. The van der Waals surface area contributed by atoms with Gasteiger partial charge in [-0.05, 0) is 48.5 Å². The zero-order valence-electron chi connectivity index (χ0n) is 18.0. The van der Waals surface area contributed by atoms with Gasteiger partial charge in [0.15, 0.2) is 0 Å². The molecular weight excluding hydrogens is 466 g/mol. The molecule has 0 spiro atoms. The molecule has 2 N–H and O–H groups in total. The van der Waals surface area contributed by atoms with Gasteiger partial charge in [-0.2, -0.15) is 0 Å². The number of hydrogen-bond donors (Lipinski definition) is 2. The van der Waals surface area contributed by atoms with Crippen LogP contribution in [-0.4, -0.2) is 38.8 Å². The highest BCUT2D eigenvalue weighted by atomic mass is 35.5. The SMILES string of the molecule is C.COc1cccnc1C1=NCc2cnc(Nc3ccc(C(=O)O)cc3)nc2-c2ccc(Cl)cc21. The van der Waals surface area contributed by atoms with Gasteiger partial charge in [-0.15, -0.1) is 0 Å². The summed E-state index contributed by atoms with van der Waals surface area (Å²) in [6.07, 6.45) is 3.43. The van der Waals surface area contributed by atoms with Crippen molar-refractivity contribution in [3.8, 4) is 17.0 Å². The first-order valence-corrected chi connectivity index (χ1v) is 10.7. The Bertz CT molecular complexity index is 1440. The van der Waals surface area contributed by atoms with Crippen molar-refractivity contribution in [2.75, 3.05) is 12.4 Å². The minimum Gasteiger partial charge on any atom is -0.494 e. The van der Waals surface area contributed by atoms with Crippen molar-refractivity contribution in [2.45, 2.75) is 14.0 Å². The summed E-state index contributed by atoms with van der Waals surface area (Å²) in [5, 5.41) is 12.8. The molecule has 0 fully saturated rings. The minimum absolute atomic E-state index is 0. The highest BCUT2D eigenvalue weighted by Gasteiger charge is 2.24. The largest absolute Gasteiger partial charge is 0.494 e. The van der Waals surface area contributed by atoms with Crippen molar-refractivity contribution < 1.29 is 14.6 Å². The van der Waals surface area contributed by atoms with E-state index in [0.29, 0.717) is 40.4 Å².